The molecule has 3 aromatic carbocycles. The molecule has 0 radical (unpaired) electrons. The summed E-state index contributed by atoms with van der Waals surface area (Å²) in [4.78, 5) is 4.48. The molecular formula is C26H35N2+. The maximum Gasteiger partial charge on any atom is 0.286 e. The van der Waals surface area contributed by atoms with Gasteiger partial charge in [-0.05, 0) is 73.2 Å². The predicted octanol–water partition coefficient (Wildman–Crippen LogP) is 6.96. The summed E-state index contributed by atoms with van der Waals surface area (Å²) in [6.45, 7) is 19.2. The molecule has 4 aromatic rings. The number of fused-ring (bicyclic) bond motifs is 6. The van der Waals surface area contributed by atoms with Gasteiger partial charge < -0.3 is 0 Å². The molecule has 0 aliphatic carbocycles. The molecule has 0 fully saturated rings. The quantitative estimate of drug-likeness (QED) is 0.240. The highest BCUT2D eigenvalue weighted by Crippen LogP contribution is 2.40. The van der Waals surface area contributed by atoms with E-state index in [4.69, 9.17) is 0 Å². The van der Waals surface area contributed by atoms with Crippen LogP contribution in [0.15, 0.2) is 30.7 Å². The van der Waals surface area contributed by atoms with E-state index < -0.39 is 0 Å². The van der Waals surface area contributed by atoms with E-state index in [2.05, 4.69) is 69.4 Å². The summed E-state index contributed by atoms with van der Waals surface area (Å²) in [5.41, 5.74) is 8.13. The van der Waals surface area contributed by atoms with Gasteiger partial charge in [-0.1, -0.05) is 50.9 Å². The number of rotatable bonds is 0. The highest BCUT2D eigenvalue weighted by Gasteiger charge is 2.20. The van der Waals surface area contributed by atoms with Crippen molar-refractivity contribution in [1.29, 1.82) is 0 Å². The van der Waals surface area contributed by atoms with Crippen molar-refractivity contribution in [1.82, 2.24) is 4.98 Å². The molecule has 2 heteroatoms. The van der Waals surface area contributed by atoms with Gasteiger partial charge in [0, 0.05) is 10.8 Å². The van der Waals surface area contributed by atoms with E-state index in [1.807, 2.05) is 40.2 Å². The van der Waals surface area contributed by atoms with E-state index in [-0.39, 0.29) is 0 Å². The largest absolute Gasteiger partial charge is 0.286 e. The van der Waals surface area contributed by atoms with Gasteiger partial charge in [0.05, 0.1) is 12.4 Å². The Kier molecular flexibility index (Phi) is 6.77. The summed E-state index contributed by atoms with van der Waals surface area (Å²) in [6.07, 6.45) is 3.94. The molecule has 0 unspecified atom stereocenters. The Morgan fingerprint density at radius 1 is 0.679 bits per heavy atom. The van der Waals surface area contributed by atoms with Crippen LogP contribution in [-0.4, -0.2) is 4.98 Å². The third kappa shape index (κ3) is 3.15. The molecule has 0 amide bonds. The molecule has 0 aliphatic heterocycles. The molecule has 1 aromatic heterocycles. The van der Waals surface area contributed by atoms with Crippen molar-refractivity contribution < 1.29 is 4.57 Å². The van der Waals surface area contributed by atoms with Gasteiger partial charge >= 0.3 is 0 Å². The minimum Gasteiger partial charge on any atom is -0.232 e. The first-order chi connectivity index (χ1) is 13.4. The van der Waals surface area contributed by atoms with Crippen LogP contribution in [0.1, 0.15) is 55.5 Å². The average molecular weight is 376 g/mol. The molecule has 0 N–H and O–H groups in total. The van der Waals surface area contributed by atoms with Crippen LogP contribution in [0.3, 0.4) is 0 Å². The molecule has 148 valence electrons. The second-order valence-electron chi connectivity index (χ2n) is 7.01. The van der Waals surface area contributed by atoms with Crippen LogP contribution in [0.25, 0.3) is 32.4 Å². The smallest absolute Gasteiger partial charge is 0.232 e. The number of benzene rings is 3. The summed E-state index contributed by atoms with van der Waals surface area (Å²) < 4.78 is 2.16. The average Bonchev–Trinajstić information content (AvgIpc) is 2.73. The van der Waals surface area contributed by atoms with Crippen LogP contribution in [0.5, 0.6) is 0 Å². The van der Waals surface area contributed by atoms with Crippen LogP contribution in [0.2, 0.25) is 0 Å². The Labute approximate surface area is 170 Å². The van der Waals surface area contributed by atoms with Gasteiger partial charge in [0.1, 0.15) is 5.52 Å². The van der Waals surface area contributed by atoms with E-state index in [1.54, 1.807) is 0 Å². The zero-order valence-corrected chi connectivity index (χ0v) is 19.3. The SMILES string of the molecule is CC.CC.Cc1c(C)c(C)c2c3cnc[n+](C)c3c3c(C)cccc3c2c1C. The van der Waals surface area contributed by atoms with Gasteiger partial charge in [-0.15, -0.1) is 0 Å². The molecule has 4 rings (SSSR count). The van der Waals surface area contributed by atoms with Gasteiger partial charge in [-0.25, -0.2) is 4.57 Å². The Balaban J connectivity index is 0.000000660. The minimum atomic E-state index is 1.25. The van der Waals surface area contributed by atoms with Crippen LogP contribution >= 0.6 is 0 Å². The maximum atomic E-state index is 4.48. The van der Waals surface area contributed by atoms with Crippen molar-refractivity contribution in [2.24, 2.45) is 7.05 Å². The summed E-state index contributed by atoms with van der Waals surface area (Å²) in [5.74, 6) is 0. The summed E-state index contributed by atoms with van der Waals surface area (Å²) in [5, 5.41) is 6.68. The van der Waals surface area contributed by atoms with Gasteiger partial charge in [0.25, 0.3) is 6.33 Å². The topological polar surface area (TPSA) is 16.8 Å². The summed E-state index contributed by atoms with van der Waals surface area (Å²) in [6, 6.07) is 6.65. The van der Waals surface area contributed by atoms with Crippen molar-refractivity contribution >= 4 is 32.4 Å². The highest BCUT2D eigenvalue weighted by atomic mass is 15.0. The number of aryl methyl sites for hydroxylation is 4. The van der Waals surface area contributed by atoms with Crippen molar-refractivity contribution in [3.63, 3.8) is 0 Å². The van der Waals surface area contributed by atoms with Crippen LogP contribution in [-0.2, 0) is 7.05 Å². The maximum absolute atomic E-state index is 4.48. The van der Waals surface area contributed by atoms with Crippen molar-refractivity contribution in [2.75, 3.05) is 0 Å². The lowest BCUT2D eigenvalue weighted by Crippen LogP contribution is -2.29. The fourth-order valence-electron chi connectivity index (χ4n) is 4.19. The first-order valence-electron chi connectivity index (χ1n) is 10.5. The molecule has 0 saturated carbocycles. The van der Waals surface area contributed by atoms with E-state index in [0.717, 1.165) is 0 Å². The zero-order chi connectivity index (χ0) is 21.2. The fraction of sp³-hybridized carbons (Fsp3) is 0.385. The van der Waals surface area contributed by atoms with Crippen molar-refractivity contribution in [3.8, 4) is 0 Å². The van der Waals surface area contributed by atoms with Crippen molar-refractivity contribution in [2.45, 2.75) is 62.3 Å². The van der Waals surface area contributed by atoms with Crippen LogP contribution in [0.4, 0.5) is 0 Å². The van der Waals surface area contributed by atoms with Crippen LogP contribution < -0.4 is 4.57 Å². The standard InChI is InChI=1S/C22H23N2.2C2H6/c1-12-8-7-9-17-19(12)22-18(10-23-11-24(22)6)21-16(5)14(3)13(2)15(4)20(17)21;2*1-2/h7-11H,1-6H3;2*1-2H3/q+1;;. The fourth-order valence-corrected chi connectivity index (χ4v) is 4.19. The Morgan fingerprint density at radius 3 is 1.79 bits per heavy atom. The van der Waals surface area contributed by atoms with E-state index >= 15 is 0 Å². The lowest BCUT2D eigenvalue weighted by Gasteiger charge is -2.18. The Morgan fingerprint density at radius 2 is 1.21 bits per heavy atom. The minimum absolute atomic E-state index is 1.25. The zero-order valence-electron chi connectivity index (χ0n) is 19.3. The van der Waals surface area contributed by atoms with Crippen molar-refractivity contribution in [3.05, 3.63) is 58.5 Å². The van der Waals surface area contributed by atoms with Crippen LogP contribution in [0, 0.1) is 34.6 Å². The number of aromatic nitrogens is 2. The van der Waals surface area contributed by atoms with E-state index in [0.29, 0.717) is 0 Å². The molecule has 0 atom stereocenters. The summed E-state index contributed by atoms with van der Waals surface area (Å²) in [7, 11) is 2.09. The summed E-state index contributed by atoms with van der Waals surface area (Å²) >= 11 is 0. The lowest BCUT2D eigenvalue weighted by molar-refractivity contribution is -0.647. The normalized spacial score (nSPS) is 10.5. The first-order valence-corrected chi connectivity index (χ1v) is 10.5. The first kappa shape index (κ1) is 21.8. The monoisotopic (exact) mass is 375 g/mol. The molecule has 0 aliphatic rings. The Hall–Kier alpha value is -2.48. The second-order valence-corrected chi connectivity index (χ2v) is 7.01. The lowest BCUT2D eigenvalue weighted by atomic mass is 9.86. The molecule has 2 nitrogen and oxygen atoms in total. The second kappa shape index (κ2) is 8.68. The van der Waals surface area contributed by atoms with Gasteiger partial charge in [0.15, 0.2) is 6.20 Å². The molecule has 0 bridgehead atoms. The van der Waals surface area contributed by atoms with Gasteiger partial charge in [-0.3, -0.25) is 0 Å². The van der Waals surface area contributed by atoms with E-state index in [1.165, 1.54) is 60.3 Å². The molecule has 28 heavy (non-hydrogen) atoms. The van der Waals surface area contributed by atoms with Gasteiger partial charge in [-0.2, -0.15) is 0 Å². The highest BCUT2D eigenvalue weighted by molar-refractivity contribution is 6.25. The Bertz CT molecular complexity index is 1060. The number of hydrogen-bond donors (Lipinski definition) is 0. The van der Waals surface area contributed by atoms with E-state index in [9.17, 15) is 0 Å². The molecule has 0 saturated heterocycles. The molecular weight excluding hydrogens is 340 g/mol. The van der Waals surface area contributed by atoms with Gasteiger partial charge in [0.2, 0.25) is 0 Å². The molecule has 1 heterocycles. The predicted molar refractivity (Wildman–Crippen MR) is 124 cm³/mol. The third-order valence-electron chi connectivity index (χ3n) is 5.79. The molecule has 0 spiro atoms. The number of nitrogens with zero attached hydrogens (tertiary/aromatic N) is 2. The number of hydrogen-bond acceptors (Lipinski definition) is 1. The third-order valence-corrected chi connectivity index (χ3v) is 5.79.